The molecule has 0 unspecified atom stereocenters. The van der Waals surface area contributed by atoms with Crippen LogP contribution in [0.5, 0.6) is 17.2 Å². The molecule has 0 heterocycles. The molecule has 3 rings (SSSR count). The maximum Gasteiger partial charge on any atom is 0.240 e. The van der Waals surface area contributed by atoms with Crippen molar-refractivity contribution in [1.29, 1.82) is 0 Å². The molecule has 0 aromatic heterocycles. The Labute approximate surface area is 205 Å². The van der Waals surface area contributed by atoms with Gasteiger partial charge < -0.3 is 14.2 Å². The first-order valence-corrected chi connectivity index (χ1v) is 11.6. The van der Waals surface area contributed by atoms with E-state index in [-0.39, 0.29) is 11.7 Å². The van der Waals surface area contributed by atoms with Crippen molar-refractivity contribution in [3.8, 4) is 17.2 Å². The van der Waals surface area contributed by atoms with E-state index in [2.05, 4.69) is 10.5 Å². The largest absolute Gasteiger partial charge is 0.497 e. The van der Waals surface area contributed by atoms with Crippen LogP contribution in [-0.2, 0) is 17.8 Å². The van der Waals surface area contributed by atoms with Crippen molar-refractivity contribution in [2.45, 2.75) is 39.7 Å². The molecule has 35 heavy (non-hydrogen) atoms. The van der Waals surface area contributed by atoms with Crippen LogP contribution >= 0.6 is 0 Å². The third-order valence-corrected chi connectivity index (χ3v) is 5.38. The van der Waals surface area contributed by atoms with Gasteiger partial charge in [0.2, 0.25) is 5.91 Å². The number of carbonyl (C=O) groups excluding carboxylic acids is 1. The molecule has 0 aliphatic carbocycles. The van der Waals surface area contributed by atoms with Crippen molar-refractivity contribution in [1.82, 2.24) is 5.43 Å². The number of nitrogens with one attached hydrogen (secondary N) is 1. The molecular weight excluding hydrogens is 447 g/mol. The SMILES string of the molecule is CCOc1cc(/C=N\NC(=O)CCCc2ccc(OC)cc2C)ccc1OCc1ccc(F)cc1. The molecule has 0 bridgehead atoms. The Hall–Kier alpha value is -3.87. The molecule has 3 aromatic carbocycles. The summed E-state index contributed by atoms with van der Waals surface area (Å²) in [6, 6.07) is 17.5. The van der Waals surface area contributed by atoms with Gasteiger partial charge in [-0.2, -0.15) is 5.10 Å². The van der Waals surface area contributed by atoms with E-state index in [0.29, 0.717) is 31.1 Å². The van der Waals surface area contributed by atoms with E-state index in [0.717, 1.165) is 35.3 Å². The number of hydrogen-bond donors (Lipinski definition) is 1. The number of carbonyl (C=O) groups is 1. The van der Waals surface area contributed by atoms with E-state index in [9.17, 15) is 9.18 Å². The first kappa shape index (κ1) is 25.7. The fourth-order valence-corrected chi connectivity index (χ4v) is 3.48. The minimum absolute atomic E-state index is 0.142. The van der Waals surface area contributed by atoms with Gasteiger partial charge in [0.1, 0.15) is 18.2 Å². The maximum absolute atomic E-state index is 13.1. The van der Waals surface area contributed by atoms with Gasteiger partial charge in [0.15, 0.2) is 11.5 Å². The monoisotopic (exact) mass is 478 g/mol. The molecule has 184 valence electrons. The number of hydrazone groups is 1. The number of hydrogen-bond acceptors (Lipinski definition) is 5. The van der Waals surface area contributed by atoms with Crippen LogP contribution in [0.25, 0.3) is 0 Å². The quantitative estimate of drug-likeness (QED) is 0.272. The van der Waals surface area contributed by atoms with Crippen LogP contribution in [0.15, 0.2) is 65.8 Å². The van der Waals surface area contributed by atoms with Gasteiger partial charge in [-0.25, -0.2) is 9.82 Å². The van der Waals surface area contributed by atoms with E-state index < -0.39 is 0 Å². The van der Waals surface area contributed by atoms with E-state index >= 15 is 0 Å². The van der Waals surface area contributed by atoms with Gasteiger partial charge in [-0.15, -0.1) is 0 Å². The molecule has 3 aromatic rings. The summed E-state index contributed by atoms with van der Waals surface area (Å²) < 4.78 is 29.8. The highest BCUT2D eigenvalue weighted by Crippen LogP contribution is 2.29. The molecule has 0 spiro atoms. The van der Waals surface area contributed by atoms with Crippen molar-refractivity contribution in [2.24, 2.45) is 5.10 Å². The third kappa shape index (κ3) is 8.14. The number of nitrogens with zero attached hydrogens (tertiary/aromatic N) is 1. The van der Waals surface area contributed by atoms with Crippen LogP contribution in [0, 0.1) is 12.7 Å². The van der Waals surface area contributed by atoms with Crippen molar-refractivity contribution >= 4 is 12.1 Å². The van der Waals surface area contributed by atoms with Crippen molar-refractivity contribution in [3.63, 3.8) is 0 Å². The second-order valence-electron chi connectivity index (χ2n) is 7.99. The highest BCUT2D eigenvalue weighted by atomic mass is 19.1. The van der Waals surface area contributed by atoms with E-state index in [1.54, 1.807) is 37.6 Å². The highest BCUT2D eigenvalue weighted by molar-refractivity contribution is 5.83. The molecule has 7 heteroatoms. The minimum Gasteiger partial charge on any atom is -0.497 e. The average Bonchev–Trinajstić information content (AvgIpc) is 2.85. The summed E-state index contributed by atoms with van der Waals surface area (Å²) in [7, 11) is 1.65. The number of amides is 1. The molecular formula is C28H31FN2O4. The Bertz CT molecular complexity index is 1150. The molecule has 0 aliphatic rings. The lowest BCUT2D eigenvalue weighted by Crippen LogP contribution is -2.17. The summed E-state index contributed by atoms with van der Waals surface area (Å²) in [4.78, 5) is 12.2. The predicted molar refractivity (Wildman–Crippen MR) is 135 cm³/mol. The molecule has 0 saturated carbocycles. The Kier molecular flexibility index (Phi) is 9.66. The zero-order chi connectivity index (χ0) is 25.0. The molecule has 0 saturated heterocycles. The van der Waals surface area contributed by atoms with Gasteiger partial charge >= 0.3 is 0 Å². The second kappa shape index (κ2) is 13.1. The first-order valence-electron chi connectivity index (χ1n) is 11.6. The Morgan fingerprint density at radius 1 is 1.03 bits per heavy atom. The number of aryl methyl sites for hydroxylation is 2. The number of methoxy groups -OCH3 is 1. The van der Waals surface area contributed by atoms with Gasteiger partial charge in [-0.05, 0) is 91.4 Å². The lowest BCUT2D eigenvalue weighted by Gasteiger charge is -2.12. The Morgan fingerprint density at radius 3 is 2.54 bits per heavy atom. The zero-order valence-electron chi connectivity index (χ0n) is 20.3. The summed E-state index contributed by atoms with van der Waals surface area (Å²) in [6.45, 7) is 4.69. The molecule has 0 atom stereocenters. The summed E-state index contributed by atoms with van der Waals surface area (Å²) in [6.07, 6.45) is 3.48. The van der Waals surface area contributed by atoms with Crippen LogP contribution in [0.2, 0.25) is 0 Å². The van der Waals surface area contributed by atoms with Crippen LogP contribution in [0.3, 0.4) is 0 Å². The maximum atomic E-state index is 13.1. The Balaban J connectivity index is 1.49. The van der Waals surface area contributed by atoms with Gasteiger partial charge in [-0.1, -0.05) is 18.2 Å². The van der Waals surface area contributed by atoms with Crippen molar-refractivity contribution in [3.05, 3.63) is 88.7 Å². The van der Waals surface area contributed by atoms with Crippen LogP contribution < -0.4 is 19.6 Å². The first-order chi connectivity index (χ1) is 17.0. The minimum atomic E-state index is -0.285. The van der Waals surface area contributed by atoms with Crippen LogP contribution in [0.4, 0.5) is 4.39 Å². The van der Waals surface area contributed by atoms with Gasteiger partial charge in [0.05, 0.1) is 19.9 Å². The summed E-state index contributed by atoms with van der Waals surface area (Å²) in [5.41, 5.74) is 6.54. The normalized spacial score (nSPS) is 10.9. The smallest absolute Gasteiger partial charge is 0.240 e. The van der Waals surface area contributed by atoms with Gasteiger partial charge in [-0.3, -0.25) is 4.79 Å². The average molecular weight is 479 g/mol. The van der Waals surface area contributed by atoms with Crippen LogP contribution in [-0.4, -0.2) is 25.8 Å². The van der Waals surface area contributed by atoms with Crippen molar-refractivity contribution in [2.75, 3.05) is 13.7 Å². The number of halogens is 1. The summed E-state index contributed by atoms with van der Waals surface area (Å²) >= 11 is 0. The predicted octanol–water partition coefficient (Wildman–Crippen LogP) is 5.59. The molecule has 1 amide bonds. The number of benzene rings is 3. The molecule has 1 N–H and O–H groups in total. The number of ether oxygens (including phenoxy) is 3. The zero-order valence-corrected chi connectivity index (χ0v) is 20.3. The highest BCUT2D eigenvalue weighted by Gasteiger charge is 2.08. The lowest BCUT2D eigenvalue weighted by atomic mass is 10.0. The van der Waals surface area contributed by atoms with Gasteiger partial charge in [0, 0.05) is 6.42 Å². The second-order valence-corrected chi connectivity index (χ2v) is 7.99. The summed E-state index contributed by atoms with van der Waals surface area (Å²) in [5, 5.41) is 4.07. The summed E-state index contributed by atoms with van der Waals surface area (Å²) in [5.74, 6) is 1.55. The van der Waals surface area contributed by atoms with E-state index in [4.69, 9.17) is 14.2 Å². The van der Waals surface area contributed by atoms with E-state index in [1.165, 1.54) is 17.7 Å². The lowest BCUT2D eigenvalue weighted by molar-refractivity contribution is -0.121. The fourth-order valence-electron chi connectivity index (χ4n) is 3.48. The standard InChI is InChI=1S/C28H31FN2O4/c1-4-34-27-17-22(10-15-26(27)35-19-21-8-12-24(29)13-9-21)18-30-31-28(32)7-5-6-23-11-14-25(33-3)16-20(23)2/h8-18H,4-7,19H2,1-3H3,(H,31,32)/b30-18-. The number of rotatable bonds is 12. The Morgan fingerprint density at radius 2 is 1.83 bits per heavy atom. The molecule has 0 aliphatic heterocycles. The molecule has 0 fully saturated rings. The van der Waals surface area contributed by atoms with Gasteiger partial charge in [0.25, 0.3) is 0 Å². The fraction of sp³-hybridized carbons (Fsp3) is 0.286. The topological polar surface area (TPSA) is 69.2 Å². The van der Waals surface area contributed by atoms with Crippen LogP contribution in [0.1, 0.15) is 42.0 Å². The third-order valence-electron chi connectivity index (χ3n) is 5.38. The molecule has 0 radical (unpaired) electrons. The van der Waals surface area contributed by atoms with Crippen molar-refractivity contribution < 1.29 is 23.4 Å². The van der Waals surface area contributed by atoms with E-state index in [1.807, 2.05) is 38.1 Å². The molecule has 6 nitrogen and oxygen atoms in total.